The largest absolute Gasteiger partial charge is 0.480 e. The van der Waals surface area contributed by atoms with Gasteiger partial charge in [-0.25, -0.2) is 9.59 Å². The molecule has 1 aromatic heterocycles. The van der Waals surface area contributed by atoms with Crippen molar-refractivity contribution >= 4 is 11.9 Å². The normalized spacial score (nSPS) is 12.8. The lowest BCUT2D eigenvalue weighted by Gasteiger charge is -2.27. The maximum absolute atomic E-state index is 11.8. The lowest BCUT2D eigenvalue weighted by atomic mass is 9.86. The quantitative estimate of drug-likeness (QED) is 0.833. The van der Waals surface area contributed by atoms with E-state index in [1.54, 1.807) is 20.8 Å². The van der Waals surface area contributed by atoms with Crippen LogP contribution in [0.15, 0.2) is 27.6 Å². The SMILES string of the molecule is CC(C)(C)[C@H](NC(=O)c1ccc(=O)oc1)C(=O)O. The van der Waals surface area contributed by atoms with Gasteiger partial charge < -0.3 is 14.8 Å². The molecule has 6 nitrogen and oxygen atoms in total. The van der Waals surface area contributed by atoms with Gasteiger partial charge in [-0.1, -0.05) is 20.8 Å². The zero-order valence-corrected chi connectivity index (χ0v) is 10.4. The summed E-state index contributed by atoms with van der Waals surface area (Å²) < 4.78 is 4.54. The number of amides is 1. The van der Waals surface area contributed by atoms with E-state index in [9.17, 15) is 14.4 Å². The molecule has 0 spiro atoms. The van der Waals surface area contributed by atoms with Gasteiger partial charge >= 0.3 is 11.6 Å². The van der Waals surface area contributed by atoms with Gasteiger partial charge in [-0.15, -0.1) is 0 Å². The molecule has 1 rings (SSSR count). The summed E-state index contributed by atoms with van der Waals surface area (Å²) in [6.45, 7) is 5.12. The van der Waals surface area contributed by atoms with Crippen LogP contribution in [0.5, 0.6) is 0 Å². The van der Waals surface area contributed by atoms with Gasteiger partial charge in [0.1, 0.15) is 12.3 Å². The zero-order valence-electron chi connectivity index (χ0n) is 10.4. The highest BCUT2D eigenvalue weighted by Crippen LogP contribution is 2.19. The molecule has 1 amide bonds. The van der Waals surface area contributed by atoms with Crippen LogP contribution in [-0.2, 0) is 4.79 Å². The first-order valence-corrected chi connectivity index (χ1v) is 5.34. The second-order valence-corrected chi connectivity index (χ2v) is 4.95. The van der Waals surface area contributed by atoms with Gasteiger partial charge in [-0.3, -0.25) is 4.79 Å². The summed E-state index contributed by atoms with van der Waals surface area (Å²) in [5.41, 5.74) is -1.10. The van der Waals surface area contributed by atoms with E-state index in [-0.39, 0.29) is 5.56 Å². The Morgan fingerprint density at radius 3 is 2.33 bits per heavy atom. The average molecular weight is 253 g/mol. The number of nitrogens with one attached hydrogen (secondary N) is 1. The highest BCUT2D eigenvalue weighted by atomic mass is 16.4. The fourth-order valence-electron chi connectivity index (χ4n) is 1.35. The molecule has 98 valence electrons. The summed E-state index contributed by atoms with van der Waals surface area (Å²) in [6.07, 6.45) is 0.999. The zero-order chi connectivity index (χ0) is 13.9. The van der Waals surface area contributed by atoms with Crippen LogP contribution >= 0.6 is 0 Å². The van der Waals surface area contributed by atoms with Crippen LogP contribution in [0, 0.1) is 5.41 Å². The van der Waals surface area contributed by atoms with Gasteiger partial charge in [0.15, 0.2) is 0 Å². The maximum Gasteiger partial charge on any atom is 0.335 e. The van der Waals surface area contributed by atoms with E-state index in [4.69, 9.17) is 5.11 Å². The van der Waals surface area contributed by atoms with Crippen molar-refractivity contribution in [2.45, 2.75) is 26.8 Å². The van der Waals surface area contributed by atoms with Crippen molar-refractivity contribution in [2.75, 3.05) is 0 Å². The minimum Gasteiger partial charge on any atom is -0.480 e. The first-order valence-electron chi connectivity index (χ1n) is 5.34. The molecule has 18 heavy (non-hydrogen) atoms. The topological polar surface area (TPSA) is 96.6 Å². The number of carboxylic acids is 1. The highest BCUT2D eigenvalue weighted by Gasteiger charge is 2.32. The molecule has 0 aliphatic heterocycles. The molecular formula is C12H15NO5. The van der Waals surface area contributed by atoms with Crippen LogP contribution in [0.3, 0.4) is 0 Å². The summed E-state index contributed by atoms with van der Waals surface area (Å²) in [5.74, 6) is -1.71. The van der Waals surface area contributed by atoms with Crippen LogP contribution in [0.1, 0.15) is 31.1 Å². The molecular weight excluding hydrogens is 238 g/mol. The van der Waals surface area contributed by atoms with Gasteiger partial charge in [0.2, 0.25) is 0 Å². The molecule has 0 aromatic carbocycles. The average Bonchev–Trinajstić information content (AvgIpc) is 2.24. The first kappa shape index (κ1) is 14.0. The standard InChI is InChI=1S/C12H15NO5/c1-12(2,3)9(11(16)17)13-10(15)7-4-5-8(14)18-6-7/h4-6,9H,1-3H3,(H,13,15)(H,16,17)/t9-/m1/s1. The van der Waals surface area contributed by atoms with Crippen molar-refractivity contribution in [1.82, 2.24) is 5.32 Å². The Labute approximate surface area is 104 Å². The van der Waals surface area contributed by atoms with Crippen molar-refractivity contribution in [3.8, 4) is 0 Å². The summed E-state index contributed by atoms with van der Waals surface area (Å²) in [5, 5.41) is 11.5. The minimum atomic E-state index is -1.12. The highest BCUT2D eigenvalue weighted by molar-refractivity contribution is 5.96. The number of hydrogen-bond acceptors (Lipinski definition) is 4. The molecule has 1 heterocycles. The smallest absolute Gasteiger partial charge is 0.335 e. The van der Waals surface area contributed by atoms with Crippen LogP contribution in [0.2, 0.25) is 0 Å². The van der Waals surface area contributed by atoms with Crippen LogP contribution in [0.4, 0.5) is 0 Å². The van der Waals surface area contributed by atoms with Crippen molar-refractivity contribution in [1.29, 1.82) is 0 Å². The molecule has 0 aliphatic carbocycles. The molecule has 0 fully saturated rings. The molecule has 0 unspecified atom stereocenters. The third kappa shape index (κ3) is 3.44. The van der Waals surface area contributed by atoms with Crippen molar-refractivity contribution in [2.24, 2.45) is 5.41 Å². The maximum atomic E-state index is 11.8. The van der Waals surface area contributed by atoms with E-state index < -0.39 is 29.0 Å². The van der Waals surface area contributed by atoms with Gasteiger partial charge in [0.05, 0.1) is 5.56 Å². The predicted octanol–water partition coefficient (Wildman–Crippen LogP) is 0.869. The Morgan fingerprint density at radius 1 is 1.33 bits per heavy atom. The van der Waals surface area contributed by atoms with Crippen LogP contribution < -0.4 is 10.9 Å². The number of carboxylic acid groups (broad SMARTS) is 1. The second-order valence-electron chi connectivity index (χ2n) is 4.95. The minimum absolute atomic E-state index is 0.102. The molecule has 2 N–H and O–H groups in total. The van der Waals surface area contributed by atoms with E-state index in [1.807, 2.05) is 0 Å². The second kappa shape index (κ2) is 5.03. The molecule has 1 atom stereocenters. The Hall–Kier alpha value is -2.11. The third-order valence-corrected chi connectivity index (χ3v) is 2.35. The summed E-state index contributed by atoms with van der Waals surface area (Å²) in [6, 6.07) is 1.35. The van der Waals surface area contributed by atoms with Crippen molar-refractivity contribution < 1.29 is 19.1 Å². The number of aliphatic carboxylic acids is 1. The Balaban J connectivity index is 2.89. The molecule has 0 saturated carbocycles. The van der Waals surface area contributed by atoms with E-state index in [1.165, 1.54) is 6.07 Å². The Morgan fingerprint density at radius 2 is 1.94 bits per heavy atom. The fraction of sp³-hybridized carbons (Fsp3) is 0.417. The number of rotatable bonds is 3. The van der Waals surface area contributed by atoms with Gasteiger partial charge in [-0.05, 0) is 11.5 Å². The molecule has 0 saturated heterocycles. The van der Waals surface area contributed by atoms with Crippen LogP contribution in [-0.4, -0.2) is 23.0 Å². The van der Waals surface area contributed by atoms with Crippen molar-refractivity contribution in [3.05, 3.63) is 34.4 Å². The van der Waals surface area contributed by atoms with E-state index >= 15 is 0 Å². The molecule has 0 radical (unpaired) electrons. The Kier molecular flexibility index (Phi) is 3.90. The van der Waals surface area contributed by atoms with E-state index in [0.717, 1.165) is 12.3 Å². The molecule has 1 aromatic rings. The van der Waals surface area contributed by atoms with E-state index in [0.29, 0.717) is 0 Å². The lowest BCUT2D eigenvalue weighted by Crippen LogP contribution is -2.49. The molecule has 0 bridgehead atoms. The third-order valence-electron chi connectivity index (χ3n) is 2.35. The predicted molar refractivity (Wildman–Crippen MR) is 63.3 cm³/mol. The Bertz CT molecular complexity index is 491. The number of carbonyl (C=O) groups excluding carboxylic acids is 1. The van der Waals surface area contributed by atoms with E-state index in [2.05, 4.69) is 9.73 Å². The van der Waals surface area contributed by atoms with Gasteiger partial charge in [0.25, 0.3) is 5.91 Å². The first-order chi connectivity index (χ1) is 8.21. The summed E-state index contributed by atoms with van der Waals surface area (Å²) in [4.78, 5) is 33.6. The number of carbonyl (C=O) groups is 2. The fourth-order valence-corrected chi connectivity index (χ4v) is 1.35. The molecule has 0 aliphatic rings. The summed E-state index contributed by atoms with van der Waals surface area (Å²) in [7, 11) is 0. The summed E-state index contributed by atoms with van der Waals surface area (Å²) >= 11 is 0. The monoisotopic (exact) mass is 253 g/mol. The number of hydrogen-bond donors (Lipinski definition) is 2. The van der Waals surface area contributed by atoms with Gasteiger partial charge in [-0.2, -0.15) is 0 Å². The van der Waals surface area contributed by atoms with Crippen molar-refractivity contribution in [3.63, 3.8) is 0 Å². The molecule has 6 heteroatoms. The lowest BCUT2D eigenvalue weighted by molar-refractivity contribution is -0.142. The van der Waals surface area contributed by atoms with Gasteiger partial charge in [0, 0.05) is 6.07 Å². The van der Waals surface area contributed by atoms with Crippen LogP contribution in [0.25, 0.3) is 0 Å².